The van der Waals surface area contributed by atoms with Crippen LogP contribution in [0.2, 0.25) is 0 Å². The van der Waals surface area contributed by atoms with Crippen molar-refractivity contribution in [3.63, 3.8) is 0 Å². The van der Waals surface area contributed by atoms with Gasteiger partial charge in [-0.3, -0.25) is 4.79 Å². The zero-order valence-corrected chi connectivity index (χ0v) is 16.4. The van der Waals surface area contributed by atoms with Crippen LogP contribution in [0.25, 0.3) is 22.8 Å². The molecule has 0 unspecified atom stereocenters. The molecule has 1 amide bonds. The highest BCUT2D eigenvalue weighted by molar-refractivity contribution is 6.00. The number of aromatic nitrogens is 1. The average molecular weight is 393 g/mol. The summed E-state index contributed by atoms with van der Waals surface area (Å²) in [5.74, 6) is 0.721. The van der Waals surface area contributed by atoms with E-state index in [9.17, 15) is 9.18 Å². The summed E-state index contributed by atoms with van der Waals surface area (Å²) in [5.41, 5.74) is 1.52. The molecule has 0 spiro atoms. The second-order valence-electron chi connectivity index (χ2n) is 7.37. The third kappa shape index (κ3) is 4.07. The van der Waals surface area contributed by atoms with Gasteiger partial charge < -0.3 is 14.6 Å². The predicted molar refractivity (Wildman–Crippen MR) is 110 cm³/mol. The summed E-state index contributed by atoms with van der Waals surface area (Å²) in [4.78, 5) is 19.5. The van der Waals surface area contributed by atoms with Gasteiger partial charge in [-0.15, -0.1) is 0 Å². The summed E-state index contributed by atoms with van der Waals surface area (Å²) in [6, 6.07) is 13.7. The number of carbonyl (C=O) groups is 1. The van der Waals surface area contributed by atoms with Crippen LogP contribution in [0.3, 0.4) is 0 Å². The number of hydrogen-bond donors (Lipinski definition) is 1. The molecule has 2 aromatic carbocycles. The molecule has 1 aromatic heterocycles. The van der Waals surface area contributed by atoms with Crippen molar-refractivity contribution in [3.05, 3.63) is 66.1 Å². The summed E-state index contributed by atoms with van der Waals surface area (Å²) in [5, 5.41) is 3.20. The molecular formula is C23H24FN3O2. The van der Waals surface area contributed by atoms with Crippen molar-refractivity contribution in [2.75, 3.05) is 26.7 Å². The lowest BCUT2D eigenvalue weighted by Crippen LogP contribution is -2.42. The van der Waals surface area contributed by atoms with Crippen LogP contribution in [-0.2, 0) is 0 Å². The molecule has 29 heavy (non-hydrogen) atoms. The monoisotopic (exact) mass is 393 g/mol. The van der Waals surface area contributed by atoms with E-state index in [4.69, 9.17) is 4.42 Å². The van der Waals surface area contributed by atoms with Crippen molar-refractivity contribution < 1.29 is 13.6 Å². The first kappa shape index (κ1) is 19.3. The Bertz CT molecular complexity index is 999. The fraction of sp³-hybridized carbons (Fsp3) is 0.304. The van der Waals surface area contributed by atoms with Crippen molar-refractivity contribution in [1.29, 1.82) is 0 Å². The van der Waals surface area contributed by atoms with Crippen molar-refractivity contribution in [1.82, 2.24) is 15.2 Å². The van der Waals surface area contributed by atoms with Gasteiger partial charge in [0.05, 0.1) is 17.3 Å². The zero-order chi connectivity index (χ0) is 20.2. The Hall–Kier alpha value is -2.99. The SMILES string of the molecule is CNC[C@H]1CCCN(C(=O)c2ccccc2-c2ncc(-c3ccccc3F)o2)C1. The largest absolute Gasteiger partial charge is 0.436 e. The number of rotatable bonds is 5. The van der Waals surface area contributed by atoms with Crippen molar-refractivity contribution in [2.45, 2.75) is 12.8 Å². The quantitative estimate of drug-likeness (QED) is 0.705. The van der Waals surface area contributed by atoms with Gasteiger partial charge in [0.1, 0.15) is 5.82 Å². The van der Waals surface area contributed by atoms with Crippen LogP contribution in [0, 0.1) is 11.7 Å². The van der Waals surface area contributed by atoms with Gasteiger partial charge in [-0.1, -0.05) is 24.3 Å². The number of halogens is 1. The lowest BCUT2D eigenvalue weighted by Gasteiger charge is -2.33. The third-order valence-electron chi connectivity index (χ3n) is 5.33. The summed E-state index contributed by atoms with van der Waals surface area (Å²) in [7, 11) is 1.94. The number of carbonyl (C=O) groups excluding carboxylic acids is 1. The molecule has 6 heteroatoms. The first-order valence-corrected chi connectivity index (χ1v) is 9.91. The van der Waals surface area contributed by atoms with E-state index in [0.29, 0.717) is 34.3 Å². The Morgan fingerprint density at radius 3 is 2.76 bits per heavy atom. The van der Waals surface area contributed by atoms with Crippen LogP contribution >= 0.6 is 0 Å². The van der Waals surface area contributed by atoms with Crippen LogP contribution in [0.5, 0.6) is 0 Å². The average Bonchev–Trinajstić information content (AvgIpc) is 3.24. The van der Waals surface area contributed by atoms with E-state index in [0.717, 1.165) is 32.5 Å². The first-order valence-electron chi connectivity index (χ1n) is 9.91. The molecule has 3 aromatic rings. The van der Waals surface area contributed by atoms with Gasteiger partial charge in [0.15, 0.2) is 5.76 Å². The minimum absolute atomic E-state index is 0.0213. The van der Waals surface area contributed by atoms with Gasteiger partial charge in [-0.2, -0.15) is 0 Å². The van der Waals surface area contributed by atoms with Gasteiger partial charge in [-0.25, -0.2) is 9.37 Å². The van der Waals surface area contributed by atoms with Crippen LogP contribution in [-0.4, -0.2) is 42.5 Å². The topological polar surface area (TPSA) is 58.4 Å². The molecule has 1 atom stereocenters. The maximum absolute atomic E-state index is 14.1. The fourth-order valence-electron chi connectivity index (χ4n) is 3.92. The highest BCUT2D eigenvalue weighted by Gasteiger charge is 2.26. The van der Waals surface area contributed by atoms with Gasteiger partial charge >= 0.3 is 0 Å². The molecule has 1 N–H and O–H groups in total. The van der Waals surface area contributed by atoms with Crippen molar-refractivity contribution >= 4 is 5.91 Å². The Kier molecular flexibility index (Phi) is 5.71. The normalized spacial score (nSPS) is 16.8. The molecule has 0 aliphatic carbocycles. The second-order valence-corrected chi connectivity index (χ2v) is 7.37. The third-order valence-corrected chi connectivity index (χ3v) is 5.33. The first-order chi connectivity index (χ1) is 14.2. The molecule has 1 aliphatic rings. The molecule has 150 valence electrons. The van der Waals surface area contributed by atoms with Crippen molar-refractivity contribution in [3.8, 4) is 22.8 Å². The number of nitrogens with zero attached hydrogens (tertiary/aromatic N) is 2. The molecule has 4 rings (SSSR count). The van der Waals surface area contributed by atoms with Crippen molar-refractivity contribution in [2.24, 2.45) is 5.92 Å². The molecule has 1 aliphatic heterocycles. The lowest BCUT2D eigenvalue weighted by molar-refractivity contribution is 0.0675. The Labute approximate surface area is 169 Å². The van der Waals surface area contributed by atoms with Gasteiger partial charge in [0.2, 0.25) is 5.89 Å². The summed E-state index contributed by atoms with van der Waals surface area (Å²) in [6.07, 6.45) is 3.62. The summed E-state index contributed by atoms with van der Waals surface area (Å²) >= 11 is 0. The van der Waals surface area contributed by atoms with Crippen LogP contribution in [0.1, 0.15) is 23.2 Å². The van der Waals surface area contributed by atoms with Crippen LogP contribution in [0.4, 0.5) is 4.39 Å². The standard InChI is InChI=1S/C23H24FN3O2/c1-25-13-16-7-6-12-27(15-16)23(28)18-9-3-2-8-17(18)22-26-14-21(29-22)19-10-4-5-11-20(19)24/h2-5,8-11,14,16,25H,6-7,12-13,15H2,1H3/t16-/m1/s1. The lowest BCUT2D eigenvalue weighted by atomic mass is 9.96. The van der Waals surface area contributed by atoms with Gasteiger partial charge in [-0.05, 0) is 56.6 Å². The number of amides is 1. The summed E-state index contributed by atoms with van der Waals surface area (Å²) < 4.78 is 19.9. The molecule has 5 nitrogen and oxygen atoms in total. The number of likely N-dealkylation sites (tertiary alicyclic amines) is 1. The molecule has 2 heterocycles. The Morgan fingerprint density at radius 2 is 1.97 bits per heavy atom. The maximum atomic E-state index is 14.1. The molecular weight excluding hydrogens is 369 g/mol. The maximum Gasteiger partial charge on any atom is 0.254 e. The summed E-state index contributed by atoms with van der Waals surface area (Å²) in [6.45, 7) is 2.39. The predicted octanol–water partition coefficient (Wildman–Crippen LogP) is 4.22. The molecule has 0 saturated carbocycles. The highest BCUT2D eigenvalue weighted by Crippen LogP contribution is 2.30. The number of benzene rings is 2. The highest BCUT2D eigenvalue weighted by atomic mass is 19.1. The number of piperidine rings is 1. The molecule has 0 radical (unpaired) electrons. The Balaban J connectivity index is 1.62. The van der Waals surface area contributed by atoms with Gasteiger partial charge in [0.25, 0.3) is 5.91 Å². The fourth-order valence-corrected chi connectivity index (χ4v) is 3.92. The van der Waals surface area contributed by atoms with E-state index >= 15 is 0 Å². The van der Waals surface area contributed by atoms with E-state index < -0.39 is 0 Å². The van der Waals surface area contributed by atoms with E-state index in [1.165, 1.54) is 12.3 Å². The molecule has 1 saturated heterocycles. The smallest absolute Gasteiger partial charge is 0.254 e. The molecule has 1 fully saturated rings. The van der Waals surface area contributed by atoms with Gasteiger partial charge in [0, 0.05) is 18.7 Å². The van der Waals surface area contributed by atoms with E-state index in [1.54, 1.807) is 24.3 Å². The number of nitrogens with one attached hydrogen (secondary N) is 1. The number of oxazole rings is 1. The second kappa shape index (κ2) is 8.57. The van der Waals surface area contributed by atoms with E-state index in [1.807, 2.05) is 30.1 Å². The van der Waals surface area contributed by atoms with E-state index in [-0.39, 0.29) is 11.7 Å². The molecule has 0 bridgehead atoms. The van der Waals surface area contributed by atoms with Crippen LogP contribution in [0.15, 0.2) is 59.1 Å². The van der Waals surface area contributed by atoms with Crippen LogP contribution < -0.4 is 5.32 Å². The van der Waals surface area contributed by atoms with E-state index in [2.05, 4.69) is 10.3 Å². The zero-order valence-electron chi connectivity index (χ0n) is 16.4. The minimum atomic E-state index is -0.372. The minimum Gasteiger partial charge on any atom is -0.436 e. The number of hydrogen-bond acceptors (Lipinski definition) is 4. The Morgan fingerprint density at radius 1 is 1.21 bits per heavy atom.